The number of carbonyl (C=O) groups excluding carboxylic acids is 3. The van der Waals surface area contributed by atoms with Crippen molar-refractivity contribution in [3.05, 3.63) is 108 Å². The Balaban J connectivity index is 1.61. The summed E-state index contributed by atoms with van der Waals surface area (Å²) in [5, 5.41) is 2.33. The molecule has 7 nitrogen and oxygen atoms in total. The van der Waals surface area contributed by atoms with Gasteiger partial charge in [-0.15, -0.1) is 0 Å². The van der Waals surface area contributed by atoms with E-state index in [1.54, 1.807) is 72.8 Å². The van der Waals surface area contributed by atoms with Crippen LogP contribution in [-0.4, -0.2) is 61.8 Å². The topological polar surface area (TPSA) is 88.1 Å². The Morgan fingerprint density at radius 1 is 0.738 bits per heavy atom. The first-order valence-corrected chi connectivity index (χ1v) is 20.1. The van der Waals surface area contributed by atoms with Gasteiger partial charge in [-0.25, -0.2) is 0 Å². The van der Waals surface area contributed by atoms with Crippen molar-refractivity contribution in [1.29, 1.82) is 0 Å². The molecule has 1 aliphatic heterocycles. The fourth-order valence-corrected chi connectivity index (χ4v) is 14.3. The molecule has 1 saturated heterocycles. The van der Waals surface area contributed by atoms with Gasteiger partial charge in [-0.1, -0.05) is 0 Å². The summed E-state index contributed by atoms with van der Waals surface area (Å²) in [4.78, 5) is 39.3. The molecule has 3 aromatic carbocycles. The Kier molecular flexibility index (Phi) is 12.6. The Bertz CT molecular complexity index is 1270. The van der Waals surface area contributed by atoms with Crippen molar-refractivity contribution in [2.24, 2.45) is 0 Å². The Hall–Kier alpha value is -3.06. The van der Waals surface area contributed by atoms with Crippen LogP contribution in [0.1, 0.15) is 64.2 Å². The second-order valence-corrected chi connectivity index (χ2v) is 18.5. The second-order valence-electron chi connectivity index (χ2n) is 9.88. The van der Waals surface area contributed by atoms with E-state index in [0.717, 1.165) is 12.8 Å². The standard InChI is InChI=1S/C33H37AsO7S/c1-3-20-34(21-4-2)42-29-22-27(40-32(36)25-16-10-6-11-17-25)30(41-33(37)26-18-12-7-13-19-26)28(39-29)23-38-31(35)24-14-8-5-9-15-24/h5-19,27-30H,3-4,20-23H2,1-2H3. The third kappa shape index (κ3) is 9.22. The SMILES string of the molecule is CCC[As](CCC)SC1CC(OC(=O)c2ccccc2)C(OC(=O)c2ccccc2)C(COC(=O)c2ccccc2)O1. The molecule has 1 aliphatic rings. The fourth-order valence-electron chi connectivity index (χ4n) is 4.60. The van der Waals surface area contributed by atoms with Gasteiger partial charge in [0.1, 0.15) is 0 Å². The number of hydrogen-bond acceptors (Lipinski definition) is 8. The van der Waals surface area contributed by atoms with E-state index in [0.29, 0.717) is 23.1 Å². The molecule has 222 valence electrons. The van der Waals surface area contributed by atoms with Crippen LogP contribution in [0.2, 0.25) is 10.4 Å². The van der Waals surface area contributed by atoms with E-state index in [-0.39, 0.29) is 12.0 Å². The van der Waals surface area contributed by atoms with E-state index < -0.39 is 49.7 Å². The monoisotopic (exact) mass is 652 g/mol. The van der Waals surface area contributed by atoms with Crippen LogP contribution in [0.25, 0.3) is 0 Å². The van der Waals surface area contributed by atoms with Crippen molar-refractivity contribution < 1.29 is 33.3 Å². The van der Waals surface area contributed by atoms with Crippen LogP contribution in [0.3, 0.4) is 0 Å². The third-order valence-corrected chi connectivity index (χ3v) is 16.7. The number of carbonyl (C=O) groups is 3. The van der Waals surface area contributed by atoms with Crippen LogP contribution < -0.4 is 0 Å². The normalized spacial score (nSPS) is 20.1. The van der Waals surface area contributed by atoms with Crippen molar-refractivity contribution in [3.8, 4) is 0 Å². The molecular formula is C33H37AsO7S. The van der Waals surface area contributed by atoms with Gasteiger partial charge in [0.2, 0.25) is 0 Å². The van der Waals surface area contributed by atoms with E-state index in [9.17, 15) is 14.4 Å². The first kappa shape index (κ1) is 31.9. The van der Waals surface area contributed by atoms with Gasteiger partial charge in [0.15, 0.2) is 0 Å². The molecule has 4 rings (SSSR count). The van der Waals surface area contributed by atoms with Gasteiger partial charge >= 0.3 is 256 Å². The van der Waals surface area contributed by atoms with Crippen LogP contribution in [0, 0.1) is 0 Å². The van der Waals surface area contributed by atoms with E-state index >= 15 is 0 Å². The van der Waals surface area contributed by atoms with Gasteiger partial charge in [-0.2, -0.15) is 0 Å². The van der Waals surface area contributed by atoms with Gasteiger partial charge in [0.25, 0.3) is 0 Å². The van der Waals surface area contributed by atoms with Crippen molar-refractivity contribution in [2.45, 2.75) is 67.3 Å². The van der Waals surface area contributed by atoms with Crippen molar-refractivity contribution in [3.63, 3.8) is 0 Å². The van der Waals surface area contributed by atoms with Crippen molar-refractivity contribution >= 4 is 41.4 Å². The Morgan fingerprint density at radius 3 is 1.71 bits per heavy atom. The molecule has 4 unspecified atom stereocenters. The van der Waals surface area contributed by atoms with Crippen molar-refractivity contribution in [1.82, 2.24) is 0 Å². The molecule has 0 bridgehead atoms. The third-order valence-electron chi connectivity index (χ3n) is 6.61. The number of rotatable bonds is 13. The molecule has 0 radical (unpaired) electrons. The van der Waals surface area contributed by atoms with Gasteiger partial charge in [-0.05, 0) is 0 Å². The van der Waals surface area contributed by atoms with Crippen LogP contribution in [0.5, 0.6) is 0 Å². The average molecular weight is 653 g/mol. The minimum atomic E-state index is -1.29. The first-order valence-electron chi connectivity index (χ1n) is 14.3. The zero-order chi connectivity index (χ0) is 29.7. The summed E-state index contributed by atoms with van der Waals surface area (Å²) in [6.07, 6.45) is -0.0505. The minimum absolute atomic E-state index is 0.161. The first-order chi connectivity index (χ1) is 20.5. The number of esters is 3. The molecular weight excluding hydrogens is 615 g/mol. The number of benzene rings is 3. The fraction of sp³-hybridized carbons (Fsp3) is 0.364. The molecule has 1 fully saturated rings. The van der Waals surface area contributed by atoms with Crippen LogP contribution >= 0.6 is 10.0 Å². The second kappa shape index (κ2) is 16.5. The summed E-state index contributed by atoms with van der Waals surface area (Å²) in [6, 6.07) is 26.0. The van der Waals surface area contributed by atoms with E-state index in [2.05, 4.69) is 13.8 Å². The molecule has 1 heterocycles. The molecule has 0 N–H and O–H groups in total. The quantitative estimate of drug-likeness (QED) is 0.111. The summed E-state index contributed by atoms with van der Waals surface area (Å²) in [5.74, 6) is -1.59. The summed E-state index contributed by atoms with van der Waals surface area (Å²) >= 11 is -1.29. The van der Waals surface area contributed by atoms with E-state index in [1.165, 1.54) is 10.4 Å². The molecule has 0 aliphatic carbocycles. The van der Waals surface area contributed by atoms with Crippen LogP contribution in [0.4, 0.5) is 0 Å². The zero-order valence-corrected chi connectivity index (χ0v) is 26.6. The van der Waals surface area contributed by atoms with Crippen LogP contribution in [-0.2, 0) is 18.9 Å². The Labute approximate surface area is 255 Å². The van der Waals surface area contributed by atoms with Gasteiger partial charge in [0, 0.05) is 0 Å². The molecule has 4 atom stereocenters. The maximum atomic E-state index is 13.2. The zero-order valence-electron chi connectivity index (χ0n) is 23.9. The van der Waals surface area contributed by atoms with Crippen LogP contribution in [0.15, 0.2) is 91.0 Å². The van der Waals surface area contributed by atoms with Gasteiger partial charge in [0.05, 0.1) is 0 Å². The van der Waals surface area contributed by atoms with E-state index in [4.69, 9.17) is 18.9 Å². The molecule has 42 heavy (non-hydrogen) atoms. The summed E-state index contributed by atoms with van der Waals surface area (Å²) < 4.78 is 24.2. The molecule has 0 amide bonds. The summed E-state index contributed by atoms with van der Waals surface area (Å²) in [5.41, 5.74) is 0.880. The predicted molar refractivity (Wildman–Crippen MR) is 165 cm³/mol. The van der Waals surface area contributed by atoms with Crippen molar-refractivity contribution in [2.75, 3.05) is 6.61 Å². The molecule has 9 heteroatoms. The molecule has 3 aromatic rings. The number of hydrogen-bond donors (Lipinski definition) is 0. The molecule has 0 spiro atoms. The molecule has 0 aromatic heterocycles. The van der Waals surface area contributed by atoms with Gasteiger partial charge in [-0.3, -0.25) is 0 Å². The summed E-state index contributed by atoms with van der Waals surface area (Å²) in [6.45, 7) is 4.22. The van der Waals surface area contributed by atoms with Gasteiger partial charge < -0.3 is 0 Å². The maximum absolute atomic E-state index is 13.2. The average Bonchev–Trinajstić information content (AvgIpc) is 3.02. The summed E-state index contributed by atoms with van der Waals surface area (Å²) in [7, 11) is 1.84. The number of ether oxygens (including phenoxy) is 4. The Morgan fingerprint density at radius 2 is 1.21 bits per heavy atom. The predicted octanol–water partition coefficient (Wildman–Crippen LogP) is 6.95. The van der Waals surface area contributed by atoms with E-state index in [1.807, 2.05) is 28.2 Å². The molecule has 0 saturated carbocycles.